The molecule has 0 aliphatic carbocycles. The van der Waals surface area contributed by atoms with Crippen LogP contribution in [0, 0.1) is 0 Å². The third-order valence-electron chi connectivity index (χ3n) is 2.70. The van der Waals surface area contributed by atoms with Crippen molar-refractivity contribution in [3.63, 3.8) is 0 Å². The first-order valence-electron chi connectivity index (χ1n) is 6.17. The Kier molecular flexibility index (Phi) is 5.52. The van der Waals surface area contributed by atoms with Crippen molar-refractivity contribution in [2.45, 2.75) is 0 Å². The lowest BCUT2D eigenvalue weighted by Gasteiger charge is -2.05. The molecule has 1 amide bonds. The van der Waals surface area contributed by atoms with Crippen LogP contribution in [0.4, 0.5) is 0 Å². The summed E-state index contributed by atoms with van der Waals surface area (Å²) >= 11 is 11.7. The van der Waals surface area contributed by atoms with E-state index in [0.29, 0.717) is 16.3 Å². The van der Waals surface area contributed by atoms with Gasteiger partial charge in [-0.3, -0.25) is 4.79 Å². The predicted octanol–water partition coefficient (Wildman–Crippen LogP) is 3.59. The maximum Gasteiger partial charge on any atom is 0.272 e. The number of nitrogens with one attached hydrogen (secondary N) is 1. The Morgan fingerprint density at radius 2 is 1.86 bits per heavy atom. The second-order valence-corrected chi connectivity index (χ2v) is 5.02. The molecule has 5 nitrogen and oxygen atoms in total. The van der Waals surface area contributed by atoms with Crippen molar-refractivity contribution < 1.29 is 10.0 Å². The van der Waals surface area contributed by atoms with Gasteiger partial charge in [0.1, 0.15) is 5.71 Å². The number of hydrogen-bond donors (Lipinski definition) is 2. The summed E-state index contributed by atoms with van der Waals surface area (Å²) in [7, 11) is 0. The van der Waals surface area contributed by atoms with Gasteiger partial charge >= 0.3 is 0 Å². The molecule has 0 saturated heterocycles. The molecule has 0 saturated carbocycles. The molecule has 0 atom stereocenters. The first-order valence-corrected chi connectivity index (χ1v) is 6.93. The van der Waals surface area contributed by atoms with Crippen LogP contribution in [-0.4, -0.2) is 23.0 Å². The Bertz CT molecular complexity index is 731. The Labute approximate surface area is 136 Å². The van der Waals surface area contributed by atoms with Crippen molar-refractivity contribution >= 4 is 41.0 Å². The van der Waals surface area contributed by atoms with Crippen LogP contribution < -0.4 is 5.43 Å². The van der Waals surface area contributed by atoms with Gasteiger partial charge in [0.25, 0.3) is 5.91 Å². The van der Waals surface area contributed by atoms with Crippen LogP contribution in [-0.2, 0) is 0 Å². The molecule has 0 unspecified atom stereocenters. The van der Waals surface area contributed by atoms with Crippen molar-refractivity contribution in [2.24, 2.45) is 10.3 Å². The standard InChI is InChI=1S/C15H11Cl2N3O2/c16-11-6-7-12(13(17)8-11)15(21)20-19-14(9-18-22)10-4-2-1-3-5-10/h1-9,22H,(H,20,21). The second-order valence-electron chi connectivity index (χ2n) is 4.17. The predicted molar refractivity (Wildman–Crippen MR) is 87.2 cm³/mol. The van der Waals surface area contributed by atoms with Gasteiger partial charge in [-0.2, -0.15) is 5.10 Å². The smallest absolute Gasteiger partial charge is 0.272 e. The fraction of sp³-hybridized carbons (Fsp3) is 0. The van der Waals surface area contributed by atoms with E-state index < -0.39 is 5.91 Å². The van der Waals surface area contributed by atoms with Crippen LogP contribution in [0.25, 0.3) is 0 Å². The number of amides is 1. The third kappa shape index (κ3) is 4.07. The van der Waals surface area contributed by atoms with E-state index in [1.807, 2.05) is 6.07 Å². The van der Waals surface area contributed by atoms with Gasteiger partial charge in [-0.1, -0.05) is 58.7 Å². The van der Waals surface area contributed by atoms with Gasteiger partial charge in [-0.05, 0) is 18.2 Å². The molecule has 2 N–H and O–H groups in total. The first-order chi connectivity index (χ1) is 10.6. The molecule has 0 radical (unpaired) electrons. The van der Waals surface area contributed by atoms with Crippen molar-refractivity contribution in [1.29, 1.82) is 0 Å². The maximum atomic E-state index is 12.1. The molecule has 0 spiro atoms. The highest BCUT2D eigenvalue weighted by molar-refractivity contribution is 6.38. The lowest BCUT2D eigenvalue weighted by atomic mass is 10.1. The fourth-order valence-corrected chi connectivity index (χ4v) is 2.17. The SMILES string of the molecule is O=C(NN=C(C=NO)c1ccccc1)c1ccc(Cl)cc1Cl. The van der Waals surface area contributed by atoms with Crippen molar-refractivity contribution in [2.75, 3.05) is 0 Å². The van der Waals surface area contributed by atoms with Gasteiger partial charge < -0.3 is 5.21 Å². The zero-order valence-electron chi connectivity index (χ0n) is 11.2. The van der Waals surface area contributed by atoms with E-state index in [4.69, 9.17) is 28.4 Å². The molecule has 0 heterocycles. The van der Waals surface area contributed by atoms with E-state index in [1.54, 1.807) is 30.3 Å². The van der Waals surface area contributed by atoms with E-state index in [9.17, 15) is 4.79 Å². The summed E-state index contributed by atoms with van der Waals surface area (Å²) in [5.74, 6) is -0.499. The summed E-state index contributed by atoms with van der Waals surface area (Å²) in [6.07, 6.45) is 1.12. The quantitative estimate of drug-likeness (QED) is 0.509. The largest absolute Gasteiger partial charge is 0.411 e. The normalized spacial score (nSPS) is 11.6. The van der Waals surface area contributed by atoms with Gasteiger partial charge in [-0.25, -0.2) is 5.43 Å². The zero-order chi connectivity index (χ0) is 15.9. The van der Waals surface area contributed by atoms with Crippen LogP contribution in [0.15, 0.2) is 58.8 Å². The van der Waals surface area contributed by atoms with E-state index in [2.05, 4.69) is 15.7 Å². The monoisotopic (exact) mass is 335 g/mol. The van der Waals surface area contributed by atoms with Gasteiger partial charge in [0.05, 0.1) is 16.8 Å². The number of oxime groups is 1. The fourth-order valence-electron chi connectivity index (χ4n) is 1.68. The number of benzene rings is 2. The maximum absolute atomic E-state index is 12.1. The van der Waals surface area contributed by atoms with E-state index in [-0.39, 0.29) is 10.6 Å². The van der Waals surface area contributed by atoms with Crippen LogP contribution in [0.3, 0.4) is 0 Å². The second kappa shape index (κ2) is 7.59. The van der Waals surface area contributed by atoms with Gasteiger partial charge in [0, 0.05) is 10.6 Å². The number of nitrogens with zero attached hydrogens (tertiary/aromatic N) is 2. The molecule has 0 bridgehead atoms. The molecule has 22 heavy (non-hydrogen) atoms. The number of halogens is 2. The molecule has 0 aliphatic rings. The average Bonchev–Trinajstić information content (AvgIpc) is 2.52. The lowest BCUT2D eigenvalue weighted by molar-refractivity contribution is 0.0955. The molecule has 2 rings (SSSR count). The number of hydrogen-bond acceptors (Lipinski definition) is 4. The molecule has 112 valence electrons. The van der Waals surface area contributed by atoms with Gasteiger partial charge in [0.2, 0.25) is 0 Å². The average molecular weight is 336 g/mol. The lowest BCUT2D eigenvalue weighted by Crippen LogP contribution is -2.21. The first kappa shape index (κ1) is 16.0. The van der Waals surface area contributed by atoms with Crippen LogP contribution in [0.5, 0.6) is 0 Å². The summed E-state index contributed by atoms with van der Waals surface area (Å²) in [5.41, 5.74) is 3.58. The number of carbonyl (C=O) groups excluding carboxylic acids is 1. The molecule has 2 aromatic rings. The van der Waals surface area contributed by atoms with E-state index >= 15 is 0 Å². The number of hydrazone groups is 1. The Morgan fingerprint density at radius 3 is 2.50 bits per heavy atom. The minimum absolute atomic E-state index is 0.220. The van der Waals surface area contributed by atoms with Crippen molar-refractivity contribution in [1.82, 2.24) is 5.43 Å². The molecule has 0 fully saturated rings. The van der Waals surface area contributed by atoms with Gasteiger partial charge in [-0.15, -0.1) is 0 Å². The highest BCUT2D eigenvalue weighted by atomic mass is 35.5. The summed E-state index contributed by atoms with van der Waals surface area (Å²) in [5, 5.41) is 16.2. The van der Waals surface area contributed by atoms with E-state index in [1.165, 1.54) is 12.1 Å². The minimum atomic E-state index is -0.499. The number of carbonyl (C=O) groups is 1. The van der Waals surface area contributed by atoms with Crippen molar-refractivity contribution in [3.05, 3.63) is 69.7 Å². The van der Waals surface area contributed by atoms with Crippen LogP contribution in [0.1, 0.15) is 15.9 Å². The summed E-state index contributed by atoms with van der Waals surface area (Å²) in [4.78, 5) is 12.1. The van der Waals surface area contributed by atoms with Crippen LogP contribution >= 0.6 is 23.2 Å². The Morgan fingerprint density at radius 1 is 1.14 bits per heavy atom. The number of rotatable bonds is 4. The topological polar surface area (TPSA) is 74.0 Å². The zero-order valence-corrected chi connectivity index (χ0v) is 12.7. The summed E-state index contributed by atoms with van der Waals surface area (Å²) < 4.78 is 0. The Balaban J connectivity index is 2.22. The molecular weight excluding hydrogens is 325 g/mol. The molecule has 7 heteroatoms. The summed E-state index contributed by atoms with van der Waals surface area (Å²) in [6.45, 7) is 0. The molecule has 2 aromatic carbocycles. The Hall–Kier alpha value is -2.37. The molecule has 0 aliphatic heterocycles. The van der Waals surface area contributed by atoms with Crippen molar-refractivity contribution in [3.8, 4) is 0 Å². The van der Waals surface area contributed by atoms with Gasteiger partial charge in [0.15, 0.2) is 0 Å². The highest BCUT2D eigenvalue weighted by Gasteiger charge is 2.10. The van der Waals surface area contributed by atoms with Crippen LogP contribution in [0.2, 0.25) is 10.0 Å². The highest BCUT2D eigenvalue weighted by Crippen LogP contribution is 2.20. The third-order valence-corrected chi connectivity index (χ3v) is 3.25. The summed E-state index contributed by atoms with van der Waals surface area (Å²) in [6, 6.07) is 13.5. The molecular formula is C15H11Cl2N3O2. The molecule has 0 aromatic heterocycles. The van der Waals surface area contributed by atoms with E-state index in [0.717, 1.165) is 6.21 Å². The minimum Gasteiger partial charge on any atom is -0.411 e.